The van der Waals surface area contributed by atoms with Gasteiger partial charge in [-0.15, -0.1) is 0 Å². The molecular weight excluding hydrogens is 344 g/mol. The average Bonchev–Trinajstić information content (AvgIpc) is 3.02. The Bertz CT molecular complexity index is 1040. The summed E-state index contributed by atoms with van der Waals surface area (Å²) in [5.41, 5.74) is 4.33. The van der Waals surface area contributed by atoms with Crippen LogP contribution in [0.2, 0.25) is 0 Å². The number of ether oxygens (including phenoxy) is 3. The number of esters is 1. The molecule has 140 valence electrons. The minimum absolute atomic E-state index is 0.181. The lowest BCUT2D eigenvalue weighted by atomic mass is 10.1. The van der Waals surface area contributed by atoms with E-state index in [1.54, 1.807) is 6.20 Å². The zero-order valence-corrected chi connectivity index (χ0v) is 15.9. The number of hydrogen-bond acceptors (Lipinski definition) is 5. The summed E-state index contributed by atoms with van der Waals surface area (Å²) in [6.07, 6.45) is 3.76. The summed E-state index contributed by atoms with van der Waals surface area (Å²) in [7, 11) is 1.34. The largest absolute Gasteiger partial charge is 0.464 e. The van der Waals surface area contributed by atoms with E-state index in [0.29, 0.717) is 18.9 Å². The molecule has 0 aliphatic carbocycles. The second-order valence-electron chi connectivity index (χ2n) is 7.23. The number of rotatable bonds is 3. The van der Waals surface area contributed by atoms with Gasteiger partial charge in [-0.3, -0.25) is 0 Å². The number of hydrogen-bond donors (Lipinski definition) is 0. The van der Waals surface area contributed by atoms with Crippen molar-refractivity contribution in [1.82, 2.24) is 9.55 Å². The minimum atomic E-state index is -0.826. The van der Waals surface area contributed by atoms with Crippen LogP contribution in [0.1, 0.15) is 41.0 Å². The van der Waals surface area contributed by atoms with Crippen LogP contribution in [0.4, 0.5) is 0 Å². The summed E-state index contributed by atoms with van der Waals surface area (Å²) in [6, 6.07) is 8.47. The highest BCUT2D eigenvalue weighted by Crippen LogP contribution is 2.36. The van der Waals surface area contributed by atoms with Gasteiger partial charge in [-0.2, -0.15) is 0 Å². The number of carbonyl (C=O) groups excluding carboxylic acids is 1. The van der Waals surface area contributed by atoms with Gasteiger partial charge in [0.2, 0.25) is 5.79 Å². The fourth-order valence-corrected chi connectivity index (χ4v) is 3.38. The van der Waals surface area contributed by atoms with Gasteiger partial charge in [-0.1, -0.05) is 11.6 Å². The van der Waals surface area contributed by atoms with E-state index in [-0.39, 0.29) is 5.69 Å². The highest BCUT2D eigenvalue weighted by atomic mass is 16.7. The molecule has 6 nitrogen and oxygen atoms in total. The van der Waals surface area contributed by atoms with Crippen molar-refractivity contribution >= 4 is 16.9 Å². The number of methoxy groups -OCH3 is 1. The van der Waals surface area contributed by atoms with E-state index >= 15 is 0 Å². The molecule has 0 saturated carbocycles. The molecule has 1 aromatic carbocycles. The molecular formula is C21H22N2O4. The van der Waals surface area contributed by atoms with Crippen molar-refractivity contribution in [3.63, 3.8) is 0 Å². The average molecular weight is 366 g/mol. The third-order valence-corrected chi connectivity index (χ3v) is 4.78. The number of fused-ring (bicyclic) bond motifs is 2. The zero-order valence-electron chi connectivity index (χ0n) is 15.9. The Balaban J connectivity index is 1.78. The summed E-state index contributed by atoms with van der Waals surface area (Å²) in [5.74, 6) is -0.895. The summed E-state index contributed by atoms with van der Waals surface area (Å²) in [5, 5.41) is 1.19. The fraction of sp³-hybridized carbons (Fsp3) is 0.333. The lowest BCUT2D eigenvalue weighted by Gasteiger charge is -2.34. The Morgan fingerprint density at radius 1 is 1.33 bits per heavy atom. The Hall–Kier alpha value is -2.86. The van der Waals surface area contributed by atoms with Crippen LogP contribution in [0.25, 0.3) is 10.9 Å². The standard InChI is InChI=1S/C21H22N2O4/c1-13-5-6-17-14(9-13)7-8-23(17)11-15-10-22-18(20(24)25-4)19-16(15)12-26-21(2,3)27-19/h5-10H,11-12H2,1-4H3. The predicted octanol–water partition coefficient (Wildman–Crippen LogP) is 3.82. The molecule has 3 aromatic rings. The van der Waals surface area contributed by atoms with Crippen LogP contribution < -0.4 is 4.74 Å². The summed E-state index contributed by atoms with van der Waals surface area (Å²) in [6.45, 7) is 6.66. The molecule has 3 heterocycles. The molecule has 1 aliphatic heterocycles. The zero-order chi connectivity index (χ0) is 19.2. The van der Waals surface area contributed by atoms with E-state index in [2.05, 4.69) is 46.9 Å². The van der Waals surface area contributed by atoms with Gasteiger partial charge in [0.05, 0.1) is 13.7 Å². The summed E-state index contributed by atoms with van der Waals surface area (Å²) < 4.78 is 18.8. The molecule has 0 spiro atoms. The van der Waals surface area contributed by atoms with E-state index in [9.17, 15) is 4.79 Å². The van der Waals surface area contributed by atoms with E-state index < -0.39 is 11.8 Å². The second kappa shape index (κ2) is 6.39. The van der Waals surface area contributed by atoms with Crippen molar-refractivity contribution in [2.45, 2.75) is 39.7 Å². The van der Waals surface area contributed by atoms with Gasteiger partial charge in [0.25, 0.3) is 0 Å². The maximum Gasteiger partial charge on any atom is 0.360 e. The molecule has 0 saturated heterocycles. The van der Waals surface area contributed by atoms with Crippen LogP contribution in [-0.2, 0) is 22.6 Å². The molecule has 0 bridgehead atoms. The molecule has 0 amide bonds. The molecule has 0 fully saturated rings. The second-order valence-corrected chi connectivity index (χ2v) is 7.23. The van der Waals surface area contributed by atoms with E-state index in [0.717, 1.165) is 16.6 Å². The molecule has 1 aliphatic rings. The normalized spacial score (nSPS) is 15.3. The van der Waals surface area contributed by atoms with Crippen molar-refractivity contribution < 1.29 is 19.0 Å². The Morgan fingerprint density at radius 2 is 2.15 bits per heavy atom. The van der Waals surface area contributed by atoms with Gasteiger partial charge >= 0.3 is 5.97 Å². The summed E-state index contributed by atoms with van der Waals surface area (Å²) in [4.78, 5) is 16.5. The van der Waals surface area contributed by atoms with Crippen molar-refractivity contribution in [2.75, 3.05) is 7.11 Å². The SMILES string of the molecule is COC(=O)c1ncc(Cn2ccc3cc(C)ccc32)c2c1OC(C)(C)OC2. The van der Waals surface area contributed by atoms with E-state index in [1.165, 1.54) is 18.1 Å². The third kappa shape index (κ3) is 3.17. The highest BCUT2D eigenvalue weighted by Gasteiger charge is 2.33. The molecule has 0 radical (unpaired) electrons. The van der Waals surface area contributed by atoms with Gasteiger partial charge in [0.15, 0.2) is 11.4 Å². The first-order valence-corrected chi connectivity index (χ1v) is 8.85. The molecule has 6 heteroatoms. The first-order chi connectivity index (χ1) is 12.9. The van der Waals surface area contributed by atoms with Crippen molar-refractivity contribution in [1.29, 1.82) is 0 Å². The molecule has 27 heavy (non-hydrogen) atoms. The van der Waals surface area contributed by atoms with Crippen LogP contribution in [0.3, 0.4) is 0 Å². The Kier molecular flexibility index (Phi) is 4.15. The maximum absolute atomic E-state index is 12.1. The quantitative estimate of drug-likeness (QED) is 0.660. The lowest BCUT2D eigenvalue weighted by molar-refractivity contribution is -0.180. The number of nitrogens with zero attached hydrogens (tertiary/aromatic N) is 2. The van der Waals surface area contributed by atoms with Crippen LogP contribution in [0.15, 0.2) is 36.7 Å². The van der Waals surface area contributed by atoms with Crippen LogP contribution in [0.5, 0.6) is 5.75 Å². The molecule has 0 unspecified atom stereocenters. The van der Waals surface area contributed by atoms with Crippen LogP contribution >= 0.6 is 0 Å². The topological polar surface area (TPSA) is 62.6 Å². The smallest absolute Gasteiger partial charge is 0.360 e. The van der Waals surface area contributed by atoms with E-state index in [1.807, 2.05) is 13.8 Å². The monoisotopic (exact) mass is 366 g/mol. The number of pyridine rings is 1. The van der Waals surface area contributed by atoms with Crippen LogP contribution in [0, 0.1) is 6.92 Å². The number of aromatic nitrogens is 2. The van der Waals surface area contributed by atoms with Crippen molar-refractivity contribution in [3.05, 3.63) is 59.0 Å². The third-order valence-electron chi connectivity index (χ3n) is 4.78. The minimum Gasteiger partial charge on any atom is -0.464 e. The first-order valence-electron chi connectivity index (χ1n) is 8.85. The van der Waals surface area contributed by atoms with E-state index in [4.69, 9.17) is 14.2 Å². The Labute approximate surface area is 157 Å². The fourth-order valence-electron chi connectivity index (χ4n) is 3.38. The number of benzene rings is 1. The molecule has 0 N–H and O–H groups in total. The Morgan fingerprint density at radius 3 is 2.93 bits per heavy atom. The van der Waals surface area contributed by atoms with Gasteiger partial charge in [-0.25, -0.2) is 9.78 Å². The highest BCUT2D eigenvalue weighted by molar-refractivity contribution is 5.91. The van der Waals surface area contributed by atoms with Gasteiger partial charge in [-0.05, 0) is 36.1 Å². The molecule has 0 atom stereocenters. The number of aryl methyl sites for hydroxylation is 1. The lowest BCUT2D eigenvalue weighted by Crippen LogP contribution is -2.37. The van der Waals surface area contributed by atoms with Gasteiger partial charge < -0.3 is 18.8 Å². The van der Waals surface area contributed by atoms with Crippen LogP contribution in [-0.4, -0.2) is 28.4 Å². The summed E-state index contributed by atoms with van der Waals surface area (Å²) >= 11 is 0. The first kappa shape index (κ1) is 17.5. The molecule has 2 aromatic heterocycles. The maximum atomic E-state index is 12.1. The van der Waals surface area contributed by atoms with Gasteiger partial charge in [0.1, 0.15) is 0 Å². The van der Waals surface area contributed by atoms with Gasteiger partial charge in [0, 0.05) is 43.9 Å². The van der Waals surface area contributed by atoms with Crippen molar-refractivity contribution in [3.8, 4) is 5.75 Å². The van der Waals surface area contributed by atoms with Crippen molar-refractivity contribution in [2.24, 2.45) is 0 Å². The molecule has 4 rings (SSSR count). The predicted molar refractivity (Wildman–Crippen MR) is 101 cm³/mol. The number of carbonyl (C=O) groups is 1.